The molecule has 0 radical (unpaired) electrons. The molecular formula is C34H31NO5. The van der Waals surface area contributed by atoms with Gasteiger partial charge < -0.3 is 19.9 Å². The summed E-state index contributed by atoms with van der Waals surface area (Å²) in [4.78, 5) is 27.8. The van der Waals surface area contributed by atoms with Gasteiger partial charge in [0.2, 0.25) is 0 Å². The zero-order chi connectivity index (χ0) is 28.4. The van der Waals surface area contributed by atoms with Crippen molar-refractivity contribution in [2.24, 2.45) is 0 Å². The average molecular weight is 534 g/mol. The number of allylic oxidation sites excluding steroid dienone is 3. The molecule has 0 saturated carbocycles. The summed E-state index contributed by atoms with van der Waals surface area (Å²) in [5.74, 6) is 2.66. The van der Waals surface area contributed by atoms with Crippen molar-refractivity contribution in [1.29, 1.82) is 0 Å². The Kier molecular flexibility index (Phi) is 7.23. The van der Waals surface area contributed by atoms with Gasteiger partial charge in [0, 0.05) is 34.9 Å². The van der Waals surface area contributed by atoms with Crippen LogP contribution < -0.4 is 10.1 Å². The van der Waals surface area contributed by atoms with E-state index in [1.54, 1.807) is 31.4 Å². The highest BCUT2D eigenvalue weighted by molar-refractivity contribution is 6.06. The first-order valence-corrected chi connectivity index (χ1v) is 13.2. The second-order valence-corrected chi connectivity index (χ2v) is 10.3. The van der Waals surface area contributed by atoms with Gasteiger partial charge in [-0.25, -0.2) is 4.79 Å². The van der Waals surface area contributed by atoms with Crippen molar-refractivity contribution in [1.82, 2.24) is 5.32 Å². The Morgan fingerprint density at radius 2 is 1.88 bits per heavy atom. The fourth-order valence-electron chi connectivity index (χ4n) is 6.06. The third-order valence-corrected chi connectivity index (χ3v) is 7.85. The molecule has 2 aliphatic rings. The number of esters is 1. The summed E-state index contributed by atoms with van der Waals surface area (Å²) in [6.07, 6.45) is 6.35. The molecule has 1 aliphatic carbocycles. The molecule has 3 aromatic carbocycles. The van der Waals surface area contributed by atoms with Gasteiger partial charge >= 0.3 is 5.97 Å². The van der Waals surface area contributed by atoms with Gasteiger partial charge in [-0.1, -0.05) is 48.4 Å². The fourth-order valence-corrected chi connectivity index (χ4v) is 6.06. The Labute approximate surface area is 234 Å². The molecule has 2 N–H and O–H groups in total. The van der Waals surface area contributed by atoms with Crippen LogP contribution in [0.15, 0.2) is 95.3 Å². The van der Waals surface area contributed by atoms with E-state index in [4.69, 9.17) is 15.9 Å². The first-order valence-electron chi connectivity index (χ1n) is 13.2. The summed E-state index contributed by atoms with van der Waals surface area (Å²) < 4.78 is 11.4. The van der Waals surface area contributed by atoms with E-state index < -0.39 is 11.4 Å². The molecule has 5 rings (SSSR count). The second-order valence-electron chi connectivity index (χ2n) is 10.3. The number of carbonyl (C=O) groups is 2. The van der Waals surface area contributed by atoms with Crippen LogP contribution in [0.2, 0.25) is 0 Å². The van der Waals surface area contributed by atoms with Crippen LogP contribution in [0.1, 0.15) is 54.9 Å². The maximum absolute atomic E-state index is 14.0. The molecular weight excluding hydrogens is 502 g/mol. The number of hydrogen-bond donors (Lipinski definition) is 2. The van der Waals surface area contributed by atoms with Crippen molar-refractivity contribution in [3.63, 3.8) is 0 Å². The van der Waals surface area contributed by atoms with E-state index in [1.165, 1.54) is 0 Å². The summed E-state index contributed by atoms with van der Waals surface area (Å²) in [6, 6.07) is 21.7. The lowest BCUT2D eigenvalue weighted by atomic mass is 9.62. The average Bonchev–Trinajstić information content (AvgIpc) is 2.95. The van der Waals surface area contributed by atoms with Crippen molar-refractivity contribution in [3.8, 4) is 23.8 Å². The van der Waals surface area contributed by atoms with E-state index in [0.29, 0.717) is 34.4 Å². The zero-order valence-electron chi connectivity index (χ0n) is 22.8. The minimum atomic E-state index is -1.15. The zero-order valence-corrected chi connectivity index (χ0v) is 22.8. The van der Waals surface area contributed by atoms with Gasteiger partial charge in [0.05, 0.1) is 18.1 Å². The van der Waals surface area contributed by atoms with Gasteiger partial charge in [-0.2, -0.15) is 0 Å². The smallest absolute Gasteiger partial charge is 0.337 e. The van der Waals surface area contributed by atoms with E-state index in [-0.39, 0.29) is 30.5 Å². The molecule has 40 heavy (non-hydrogen) atoms. The van der Waals surface area contributed by atoms with Crippen molar-refractivity contribution in [3.05, 3.63) is 118 Å². The Morgan fingerprint density at radius 1 is 1.10 bits per heavy atom. The van der Waals surface area contributed by atoms with Gasteiger partial charge in [0.25, 0.3) is 0 Å². The molecule has 202 valence electrons. The number of carbonyl (C=O) groups excluding carboxylic acids is 2. The monoisotopic (exact) mass is 533 g/mol. The molecule has 0 unspecified atom stereocenters. The van der Waals surface area contributed by atoms with Crippen molar-refractivity contribution >= 4 is 11.8 Å². The van der Waals surface area contributed by atoms with Crippen LogP contribution in [0, 0.1) is 12.3 Å². The molecule has 3 aromatic rings. The summed E-state index contributed by atoms with van der Waals surface area (Å²) in [6.45, 7) is 3.70. The van der Waals surface area contributed by atoms with Gasteiger partial charge in [0.15, 0.2) is 5.78 Å². The summed E-state index contributed by atoms with van der Waals surface area (Å²) >= 11 is 0. The van der Waals surface area contributed by atoms with E-state index in [1.807, 2.05) is 62.4 Å². The van der Waals surface area contributed by atoms with Crippen LogP contribution in [-0.4, -0.2) is 24.0 Å². The Balaban J connectivity index is 1.56. The number of terminal acetylenes is 1. The third-order valence-electron chi connectivity index (χ3n) is 7.85. The molecule has 0 spiro atoms. The number of benzene rings is 3. The minimum Gasteiger partial charge on any atom is -0.508 e. The minimum absolute atomic E-state index is 0.0248. The van der Waals surface area contributed by atoms with E-state index in [9.17, 15) is 14.7 Å². The topological polar surface area (TPSA) is 84.9 Å². The first-order chi connectivity index (χ1) is 19.3. The number of methoxy groups -OCH3 is 1. The quantitative estimate of drug-likeness (QED) is 0.314. The van der Waals surface area contributed by atoms with Crippen molar-refractivity contribution < 1.29 is 24.2 Å². The maximum atomic E-state index is 14.0. The number of dihydropyridines is 1. The standard InChI is InChI=1S/C34H31NO5/c1-5-22-10-8-11-23(16-22)20-40-33(38)31-21(2)35-28-17-24(27-14-6-7-15-30(27)39-4)18-29(37)32(28)34(31,3)25-12-9-13-26(36)19-25/h1,6-16,19,24,35-36H,17-18,20H2,2-4H3/t24-,34-/m1/s1. The number of nitrogens with one attached hydrogen (secondary N) is 1. The molecule has 6 nitrogen and oxygen atoms in total. The normalized spacial score (nSPS) is 20.4. The summed E-state index contributed by atoms with van der Waals surface area (Å²) in [5.41, 5.74) is 4.10. The van der Waals surface area contributed by atoms with Crippen molar-refractivity contribution in [2.45, 2.75) is 44.6 Å². The molecule has 2 atom stereocenters. The number of phenolic OH excluding ortho intramolecular Hbond substituents is 1. The van der Waals surface area contributed by atoms with Crippen LogP contribution in [0.25, 0.3) is 0 Å². The Hall–Kier alpha value is -4.76. The highest BCUT2D eigenvalue weighted by Crippen LogP contribution is 2.50. The molecule has 0 bridgehead atoms. The fraction of sp³-hybridized carbons (Fsp3) is 0.235. The van der Waals surface area contributed by atoms with Crippen LogP contribution in [0.3, 0.4) is 0 Å². The van der Waals surface area contributed by atoms with E-state index in [0.717, 1.165) is 22.6 Å². The number of Topliss-reactive ketones (excluding diaryl/α,β-unsaturated/α-hetero) is 1. The molecule has 0 saturated heterocycles. The molecule has 1 heterocycles. The molecule has 0 aromatic heterocycles. The molecule has 0 fully saturated rings. The Bertz CT molecular complexity index is 1610. The molecule has 6 heteroatoms. The predicted octanol–water partition coefficient (Wildman–Crippen LogP) is 5.66. The lowest BCUT2D eigenvalue weighted by molar-refractivity contribution is -0.141. The van der Waals surface area contributed by atoms with Crippen LogP contribution in [0.4, 0.5) is 0 Å². The highest BCUT2D eigenvalue weighted by atomic mass is 16.5. The number of aromatic hydroxyl groups is 1. The largest absolute Gasteiger partial charge is 0.508 e. The Morgan fingerprint density at radius 3 is 2.62 bits per heavy atom. The summed E-state index contributed by atoms with van der Waals surface area (Å²) in [7, 11) is 1.62. The summed E-state index contributed by atoms with van der Waals surface area (Å²) in [5, 5.41) is 13.8. The number of rotatable bonds is 6. The van der Waals surface area contributed by atoms with Gasteiger partial charge in [-0.3, -0.25) is 4.79 Å². The van der Waals surface area contributed by atoms with E-state index >= 15 is 0 Å². The second kappa shape index (κ2) is 10.8. The number of hydrogen-bond acceptors (Lipinski definition) is 6. The lowest BCUT2D eigenvalue weighted by Crippen LogP contribution is -2.45. The number of ketones is 1. The number of ether oxygens (including phenoxy) is 2. The maximum Gasteiger partial charge on any atom is 0.337 e. The SMILES string of the molecule is C#Cc1cccc(COC(=O)C2=C(C)NC3=C(C(=O)C[C@H](c4ccccc4OC)C3)[C@]2(C)c2cccc(O)c2)c1. The number of phenols is 1. The highest BCUT2D eigenvalue weighted by Gasteiger charge is 2.50. The lowest BCUT2D eigenvalue weighted by Gasteiger charge is -2.43. The van der Waals surface area contributed by atoms with Crippen LogP contribution in [-0.2, 0) is 26.3 Å². The number of para-hydroxylation sites is 1. The van der Waals surface area contributed by atoms with E-state index in [2.05, 4.69) is 11.2 Å². The first kappa shape index (κ1) is 26.8. The molecule has 0 amide bonds. The third kappa shape index (κ3) is 4.76. The van der Waals surface area contributed by atoms with Gasteiger partial charge in [-0.05, 0) is 67.3 Å². The predicted molar refractivity (Wildman–Crippen MR) is 152 cm³/mol. The van der Waals surface area contributed by atoms with Crippen LogP contribution in [0.5, 0.6) is 11.5 Å². The van der Waals surface area contributed by atoms with Crippen molar-refractivity contribution in [2.75, 3.05) is 7.11 Å². The van der Waals surface area contributed by atoms with Gasteiger partial charge in [-0.15, -0.1) is 6.42 Å². The molecule has 1 aliphatic heterocycles. The van der Waals surface area contributed by atoms with Gasteiger partial charge in [0.1, 0.15) is 18.1 Å². The van der Waals surface area contributed by atoms with Crippen LogP contribution >= 0.6 is 0 Å².